The standard InChI is InChI=1S/C31H53N3O8/c1-22(35)18-33(21-30(41)42-31(6,7)8)16-12-10-14-28(34(19-23(2)36)20-24(3)37)29(40)17-27(25(4)38)13-9-11-15-32-26(5)39/h27-28H,9-21H2,1-8H3,(H,32,39)/t27-,28+/m1/s1. The Kier molecular flexibility index (Phi) is 18.8. The van der Waals surface area contributed by atoms with Crippen molar-refractivity contribution < 1.29 is 38.3 Å². The van der Waals surface area contributed by atoms with Crippen LogP contribution in [0.1, 0.15) is 100 Å². The van der Waals surface area contributed by atoms with Gasteiger partial charge in [-0.05, 0) is 80.7 Å². The predicted molar refractivity (Wildman–Crippen MR) is 160 cm³/mol. The summed E-state index contributed by atoms with van der Waals surface area (Å²) in [4.78, 5) is 88.6. The smallest absolute Gasteiger partial charge is 0.320 e. The fourth-order valence-corrected chi connectivity index (χ4v) is 4.76. The second-order valence-corrected chi connectivity index (χ2v) is 12.3. The van der Waals surface area contributed by atoms with Crippen molar-refractivity contribution in [3.8, 4) is 0 Å². The van der Waals surface area contributed by atoms with Crippen LogP contribution in [0.5, 0.6) is 0 Å². The van der Waals surface area contributed by atoms with Gasteiger partial charge < -0.3 is 10.1 Å². The van der Waals surface area contributed by atoms with E-state index in [2.05, 4.69) is 5.32 Å². The van der Waals surface area contributed by atoms with Crippen LogP contribution in [0.2, 0.25) is 0 Å². The number of nitrogens with zero attached hydrogens (tertiary/aromatic N) is 2. The summed E-state index contributed by atoms with van der Waals surface area (Å²) in [6, 6.07) is -0.730. The van der Waals surface area contributed by atoms with Crippen molar-refractivity contribution in [1.82, 2.24) is 15.1 Å². The van der Waals surface area contributed by atoms with Gasteiger partial charge in [0.1, 0.15) is 28.7 Å². The van der Waals surface area contributed by atoms with Gasteiger partial charge in [-0.1, -0.05) is 12.8 Å². The normalized spacial score (nSPS) is 13.0. The van der Waals surface area contributed by atoms with Gasteiger partial charge in [-0.2, -0.15) is 0 Å². The molecule has 0 saturated carbocycles. The Balaban J connectivity index is 5.54. The number of amides is 1. The molecule has 0 rings (SSSR count). The van der Waals surface area contributed by atoms with Gasteiger partial charge in [-0.25, -0.2) is 0 Å². The van der Waals surface area contributed by atoms with Crippen LogP contribution in [0.3, 0.4) is 0 Å². The fraction of sp³-hybridized carbons (Fsp3) is 0.774. The summed E-state index contributed by atoms with van der Waals surface area (Å²) < 4.78 is 5.39. The lowest BCUT2D eigenvalue weighted by Crippen LogP contribution is -2.46. The first-order valence-electron chi connectivity index (χ1n) is 14.8. The highest BCUT2D eigenvalue weighted by atomic mass is 16.6. The van der Waals surface area contributed by atoms with Crippen LogP contribution in [0.4, 0.5) is 0 Å². The molecule has 0 aromatic carbocycles. The molecule has 1 N–H and O–H groups in total. The maximum Gasteiger partial charge on any atom is 0.320 e. The van der Waals surface area contributed by atoms with E-state index in [1.807, 2.05) is 0 Å². The number of carbonyl (C=O) groups excluding carboxylic acids is 7. The molecule has 0 spiro atoms. The lowest BCUT2D eigenvalue weighted by Gasteiger charge is -2.30. The van der Waals surface area contributed by atoms with Gasteiger partial charge in [0.05, 0.1) is 32.2 Å². The van der Waals surface area contributed by atoms with E-state index in [1.165, 1.54) is 34.6 Å². The van der Waals surface area contributed by atoms with E-state index in [0.29, 0.717) is 51.6 Å². The first-order valence-corrected chi connectivity index (χ1v) is 14.8. The topological polar surface area (TPSA) is 147 Å². The SMILES string of the molecule is CC(=O)CN(CCCC[C@@H](C(=O)C[C@@H](CCCCNC(C)=O)C(C)=O)N(CC(C)=O)CC(C)=O)CC(=O)OC(C)(C)C. The third kappa shape index (κ3) is 20.1. The summed E-state index contributed by atoms with van der Waals surface area (Å²) in [5, 5.41) is 2.72. The lowest BCUT2D eigenvalue weighted by molar-refractivity contribution is -0.156. The number of ketones is 5. The average molecular weight is 596 g/mol. The second kappa shape index (κ2) is 20.2. The predicted octanol–water partition coefficient (Wildman–Crippen LogP) is 2.71. The van der Waals surface area contributed by atoms with E-state index >= 15 is 0 Å². The van der Waals surface area contributed by atoms with Crippen LogP contribution in [-0.4, -0.2) is 102 Å². The molecule has 42 heavy (non-hydrogen) atoms. The Morgan fingerprint density at radius 2 is 1.26 bits per heavy atom. The molecule has 0 saturated heterocycles. The van der Waals surface area contributed by atoms with Crippen molar-refractivity contribution in [3.05, 3.63) is 0 Å². The molecule has 0 aliphatic heterocycles. The van der Waals surface area contributed by atoms with Gasteiger partial charge in [0.25, 0.3) is 0 Å². The minimum Gasteiger partial charge on any atom is -0.459 e. The molecule has 0 aliphatic rings. The molecule has 0 heterocycles. The molecule has 0 aliphatic carbocycles. The molecular formula is C31H53N3O8. The zero-order valence-corrected chi connectivity index (χ0v) is 27.0. The summed E-state index contributed by atoms with van der Waals surface area (Å²) in [6.07, 6.45) is 3.30. The number of nitrogens with one attached hydrogen (secondary N) is 1. The molecule has 240 valence electrons. The van der Waals surface area contributed by atoms with E-state index in [0.717, 1.165) is 0 Å². The van der Waals surface area contributed by atoms with Crippen molar-refractivity contribution >= 4 is 40.8 Å². The highest BCUT2D eigenvalue weighted by Crippen LogP contribution is 2.20. The van der Waals surface area contributed by atoms with Gasteiger partial charge in [0.2, 0.25) is 5.91 Å². The summed E-state index contributed by atoms with van der Waals surface area (Å²) in [5.41, 5.74) is -0.646. The van der Waals surface area contributed by atoms with Gasteiger partial charge in [0, 0.05) is 25.8 Å². The van der Waals surface area contributed by atoms with Gasteiger partial charge >= 0.3 is 5.97 Å². The maximum absolute atomic E-state index is 13.6. The molecule has 11 heteroatoms. The Bertz CT molecular complexity index is 925. The number of ether oxygens (including phenoxy) is 1. The largest absolute Gasteiger partial charge is 0.459 e. The molecule has 0 unspecified atom stereocenters. The minimum absolute atomic E-state index is 0.00154. The van der Waals surface area contributed by atoms with Crippen LogP contribution >= 0.6 is 0 Å². The number of unbranched alkanes of at least 4 members (excludes halogenated alkanes) is 2. The van der Waals surface area contributed by atoms with Crippen LogP contribution in [0.15, 0.2) is 0 Å². The van der Waals surface area contributed by atoms with Crippen molar-refractivity contribution in [2.75, 3.05) is 39.3 Å². The summed E-state index contributed by atoms with van der Waals surface area (Å²) in [6.45, 7) is 13.3. The number of carbonyl (C=O) groups is 7. The number of hydrogen-bond donors (Lipinski definition) is 1. The number of hydrogen-bond acceptors (Lipinski definition) is 10. The minimum atomic E-state index is -0.730. The molecule has 0 radical (unpaired) electrons. The molecule has 0 aromatic rings. The summed E-state index contributed by atoms with van der Waals surface area (Å²) >= 11 is 0. The maximum atomic E-state index is 13.6. The van der Waals surface area contributed by atoms with Crippen LogP contribution in [0, 0.1) is 5.92 Å². The van der Waals surface area contributed by atoms with E-state index in [-0.39, 0.29) is 67.4 Å². The zero-order valence-electron chi connectivity index (χ0n) is 27.0. The average Bonchev–Trinajstić information content (AvgIpc) is 2.79. The third-order valence-corrected chi connectivity index (χ3v) is 6.46. The third-order valence-electron chi connectivity index (χ3n) is 6.46. The highest BCUT2D eigenvalue weighted by molar-refractivity contribution is 5.91. The number of rotatable bonds is 23. The van der Waals surface area contributed by atoms with Crippen molar-refractivity contribution in [1.29, 1.82) is 0 Å². The van der Waals surface area contributed by atoms with Crippen LogP contribution in [-0.2, 0) is 38.3 Å². The lowest BCUT2D eigenvalue weighted by atomic mass is 9.88. The second-order valence-electron chi connectivity index (χ2n) is 12.3. The van der Waals surface area contributed by atoms with Crippen LogP contribution in [0.25, 0.3) is 0 Å². The van der Waals surface area contributed by atoms with Crippen molar-refractivity contribution in [3.63, 3.8) is 0 Å². The quantitative estimate of drug-likeness (QED) is 0.138. The number of Topliss-reactive ketones (excluding diaryl/α,β-unsaturated/α-hetero) is 5. The number of esters is 1. The highest BCUT2D eigenvalue weighted by Gasteiger charge is 2.30. The van der Waals surface area contributed by atoms with Gasteiger partial charge in [-0.3, -0.25) is 43.4 Å². The molecule has 0 fully saturated rings. The van der Waals surface area contributed by atoms with Gasteiger partial charge in [0.15, 0.2) is 5.78 Å². The zero-order chi connectivity index (χ0) is 32.5. The van der Waals surface area contributed by atoms with E-state index in [4.69, 9.17) is 4.74 Å². The molecule has 2 atom stereocenters. The Morgan fingerprint density at radius 3 is 1.74 bits per heavy atom. The van der Waals surface area contributed by atoms with Gasteiger partial charge in [-0.15, -0.1) is 0 Å². The summed E-state index contributed by atoms with van der Waals surface area (Å²) in [5.74, 6) is -1.80. The Labute approximate surface area is 251 Å². The van der Waals surface area contributed by atoms with Crippen molar-refractivity contribution in [2.45, 2.75) is 112 Å². The molecule has 1 amide bonds. The van der Waals surface area contributed by atoms with E-state index < -0.39 is 23.5 Å². The monoisotopic (exact) mass is 595 g/mol. The molecular weight excluding hydrogens is 542 g/mol. The first kappa shape index (κ1) is 39.2. The Morgan fingerprint density at radius 1 is 0.714 bits per heavy atom. The molecule has 0 bridgehead atoms. The van der Waals surface area contributed by atoms with Crippen molar-refractivity contribution in [2.24, 2.45) is 5.92 Å². The van der Waals surface area contributed by atoms with E-state index in [9.17, 15) is 33.6 Å². The van der Waals surface area contributed by atoms with E-state index in [1.54, 1.807) is 30.6 Å². The first-order chi connectivity index (χ1) is 19.4. The molecule has 11 nitrogen and oxygen atoms in total. The Hall–Kier alpha value is -2.79. The fourth-order valence-electron chi connectivity index (χ4n) is 4.76. The molecule has 0 aromatic heterocycles. The summed E-state index contributed by atoms with van der Waals surface area (Å²) in [7, 11) is 0. The van der Waals surface area contributed by atoms with Crippen LogP contribution < -0.4 is 5.32 Å².